The van der Waals surface area contributed by atoms with Crippen molar-refractivity contribution in [2.45, 2.75) is 108 Å². The number of halogens is 2. The van der Waals surface area contributed by atoms with Crippen molar-refractivity contribution < 1.29 is 30.7 Å². The summed E-state index contributed by atoms with van der Waals surface area (Å²) in [5.41, 5.74) is -1.65. The summed E-state index contributed by atoms with van der Waals surface area (Å²) in [5, 5.41) is 10.0. The van der Waals surface area contributed by atoms with E-state index in [1.165, 1.54) is 26.0 Å². The number of hydrogen-bond acceptors (Lipinski definition) is 5. The maximum absolute atomic E-state index is 14.2. The molecule has 1 aliphatic carbocycles. The van der Waals surface area contributed by atoms with Gasteiger partial charge in [-0.25, -0.2) is 35.1 Å². The van der Waals surface area contributed by atoms with Crippen molar-refractivity contribution in [1.29, 1.82) is 0 Å². The SMILES string of the molecule is Cc1c(S(=O)(=O)NCC(C)(C)O)cc(-c2ccc(S(=O)(=O)NC(C)(C)C)c(C(F)F)c2)n1CC1CCCCC1. The van der Waals surface area contributed by atoms with Crippen molar-refractivity contribution in [3.63, 3.8) is 0 Å². The molecule has 8 nitrogen and oxygen atoms in total. The summed E-state index contributed by atoms with van der Waals surface area (Å²) in [6.45, 7) is 9.81. The van der Waals surface area contributed by atoms with Gasteiger partial charge in [0, 0.05) is 35.6 Å². The van der Waals surface area contributed by atoms with Gasteiger partial charge in [0.1, 0.15) is 4.90 Å². The highest BCUT2D eigenvalue weighted by Crippen LogP contribution is 2.36. The molecule has 1 aromatic heterocycles. The fourth-order valence-electron chi connectivity index (χ4n) is 4.93. The highest BCUT2D eigenvalue weighted by atomic mass is 32.2. The summed E-state index contributed by atoms with van der Waals surface area (Å²) in [7, 11) is -8.28. The van der Waals surface area contributed by atoms with Gasteiger partial charge in [-0.15, -0.1) is 0 Å². The quantitative estimate of drug-likeness (QED) is 0.356. The molecule has 1 heterocycles. The lowest BCUT2D eigenvalue weighted by Gasteiger charge is -2.25. The zero-order chi connectivity index (χ0) is 29.4. The number of rotatable bonds is 10. The molecule has 39 heavy (non-hydrogen) atoms. The lowest BCUT2D eigenvalue weighted by molar-refractivity contribution is 0.0857. The van der Waals surface area contributed by atoms with E-state index in [1.807, 2.05) is 4.57 Å². The average molecular weight is 590 g/mol. The maximum Gasteiger partial charge on any atom is 0.265 e. The normalized spacial score (nSPS) is 16.3. The van der Waals surface area contributed by atoms with Gasteiger partial charge in [0.2, 0.25) is 20.0 Å². The van der Waals surface area contributed by atoms with E-state index >= 15 is 0 Å². The summed E-state index contributed by atoms with van der Waals surface area (Å²) < 4.78 is 87.5. The summed E-state index contributed by atoms with van der Waals surface area (Å²) >= 11 is 0. The van der Waals surface area contributed by atoms with Crippen molar-refractivity contribution in [2.24, 2.45) is 5.92 Å². The smallest absolute Gasteiger partial charge is 0.265 e. The Morgan fingerprint density at radius 3 is 2.13 bits per heavy atom. The van der Waals surface area contributed by atoms with Crippen LogP contribution in [0.4, 0.5) is 8.78 Å². The molecule has 1 aromatic carbocycles. The van der Waals surface area contributed by atoms with Crippen molar-refractivity contribution in [3.05, 3.63) is 35.5 Å². The van der Waals surface area contributed by atoms with E-state index in [-0.39, 0.29) is 11.4 Å². The largest absolute Gasteiger partial charge is 0.389 e. The highest BCUT2D eigenvalue weighted by Gasteiger charge is 2.30. The Bertz CT molecular complexity index is 1380. The summed E-state index contributed by atoms with van der Waals surface area (Å²) in [6.07, 6.45) is 2.17. The van der Waals surface area contributed by atoms with Crippen molar-refractivity contribution >= 4 is 20.0 Å². The second kappa shape index (κ2) is 11.6. The molecule has 1 fully saturated rings. The number of aromatic nitrogens is 1. The first-order valence-corrected chi connectivity index (χ1v) is 16.2. The second-order valence-electron chi connectivity index (χ2n) is 12.1. The topological polar surface area (TPSA) is 118 Å². The van der Waals surface area contributed by atoms with E-state index in [1.54, 1.807) is 27.7 Å². The van der Waals surface area contributed by atoms with E-state index in [2.05, 4.69) is 9.44 Å². The van der Waals surface area contributed by atoms with Gasteiger partial charge in [0.15, 0.2) is 0 Å². The zero-order valence-corrected chi connectivity index (χ0v) is 25.1. The minimum absolute atomic E-state index is 0.0118. The van der Waals surface area contributed by atoms with Gasteiger partial charge in [0.05, 0.1) is 10.5 Å². The van der Waals surface area contributed by atoms with Crippen molar-refractivity contribution in [3.8, 4) is 11.3 Å². The Labute approximate surface area is 231 Å². The van der Waals surface area contributed by atoms with Crippen LogP contribution in [0, 0.1) is 12.8 Å². The minimum atomic E-state index is -4.24. The molecule has 0 saturated heterocycles. The Balaban J connectivity index is 2.16. The predicted octanol–water partition coefficient (Wildman–Crippen LogP) is 5.11. The summed E-state index contributed by atoms with van der Waals surface area (Å²) in [6, 6.07) is 5.17. The van der Waals surface area contributed by atoms with Crippen LogP contribution in [0.2, 0.25) is 0 Å². The van der Waals surface area contributed by atoms with E-state index in [0.717, 1.165) is 44.2 Å². The third-order valence-electron chi connectivity index (χ3n) is 6.74. The number of sulfonamides is 2. The van der Waals surface area contributed by atoms with Crippen LogP contribution in [0.3, 0.4) is 0 Å². The molecule has 2 aromatic rings. The Morgan fingerprint density at radius 2 is 1.59 bits per heavy atom. The monoisotopic (exact) mass is 589 g/mol. The van der Waals surface area contributed by atoms with Gasteiger partial charge in [-0.3, -0.25) is 0 Å². The first-order valence-electron chi connectivity index (χ1n) is 13.2. The molecule has 3 N–H and O–H groups in total. The van der Waals surface area contributed by atoms with Gasteiger partial charge in [-0.2, -0.15) is 0 Å². The average Bonchev–Trinajstić information content (AvgIpc) is 3.13. The summed E-state index contributed by atoms with van der Waals surface area (Å²) in [4.78, 5) is -0.528. The third kappa shape index (κ3) is 8.09. The molecule has 12 heteroatoms. The molecule has 3 rings (SSSR count). The number of nitrogens with zero attached hydrogens (tertiary/aromatic N) is 1. The van der Waals surface area contributed by atoms with Crippen LogP contribution < -0.4 is 9.44 Å². The van der Waals surface area contributed by atoms with Gasteiger partial charge in [-0.05, 0) is 84.1 Å². The van der Waals surface area contributed by atoms with Crippen LogP contribution in [-0.4, -0.2) is 44.2 Å². The lowest BCUT2D eigenvalue weighted by Crippen LogP contribution is -2.40. The Morgan fingerprint density at radius 1 is 0.974 bits per heavy atom. The van der Waals surface area contributed by atoms with Gasteiger partial charge >= 0.3 is 0 Å². The fourth-order valence-corrected chi connectivity index (χ4v) is 8.01. The molecular weight excluding hydrogens is 548 g/mol. The van der Waals surface area contributed by atoms with E-state index in [4.69, 9.17) is 0 Å². The zero-order valence-electron chi connectivity index (χ0n) is 23.5. The van der Waals surface area contributed by atoms with E-state index < -0.39 is 48.1 Å². The van der Waals surface area contributed by atoms with Crippen LogP contribution in [0.15, 0.2) is 34.1 Å². The molecule has 0 bridgehead atoms. The third-order valence-corrected chi connectivity index (χ3v) is 10.1. The van der Waals surface area contributed by atoms with Crippen LogP contribution in [0.25, 0.3) is 11.3 Å². The molecule has 1 aliphatic rings. The van der Waals surface area contributed by atoms with Gasteiger partial charge in [-0.1, -0.05) is 25.3 Å². The standard InChI is InChI=1S/C27H41F2N3O5S2/c1-18-24(38(34,35)30-17-27(5,6)33)15-22(32(18)16-19-10-8-7-9-11-19)20-12-13-23(21(14-20)25(28)29)39(36,37)31-26(2,3)4/h12-15,19,25,30-31,33H,7-11,16-17H2,1-6H3. The number of alkyl halides is 2. The molecule has 220 valence electrons. The van der Waals surface area contributed by atoms with E-state index in [0.29, 0.717) is 29.4 Å². The molecule has 0 aliphatic heterocycles. The molecule has 0 unspecified atom stereocenters. The van der Waals surface area contributed by atoms with E-state index in [9.17, 15) is 30.7 Å². The fraction of sp³-hybridized carbons (Fsp3) is 0.630. The molecule has 0 spiro atoms. The molecule has 0 radical (unpaired) electrons. The Hall–Kier alpha value is -1.86. The van der Waals surface area contributed by atoms with Crippen molar-refractivity contribution in [2.75, 3.05) is 6.54 Å². The molecular formula is C27H41F2N3O5S2. The van der Waals surface area contributed by atoms with Crippen molar-refractivity contribution in [1.82, 2.24) is 14.0 Å². The Kier molecular flexibility index (Phi) is 9.38. The number of aliphatic hydroxyl groups is 1. The van der Waals surface area contributed by atoms with Gasteiger partial charge in [0.25, 0.3) is 6.43 Å². The first kappa shape index (κ1) is 31.7. The van der Waals surface area contributed by atoms with Crippen LogP contribution >= 0.6 is 0 Å². The first-order chi connectivity index (χ1) is 17.8. The maximum atomic E-state index is 14.2. The molecule has 1 saturated carbocycles. The van der Waals surface area contributed by atoms with Gasteiger partial charge < -0.3 is 9.67 Å². The van der Waals surface area contributed by atoms with Crippen LogP contribution in [-0.2, 0) is 26.6 Å². The second-order valence-corrected chi connectivity index (χ2v) is 15.5. The number of nitrogens with one attached hydrogen (secondary N) is 2. The predicted molar refractivity (Wildman–Crippen MR) is 148 cm³/mol. The lowest BCUT2D eigenvalue weighted by atomic mass is 9.89. The molecule has 0 atom stereocenters. The van der Waals surface area contributed by atoms with Crippen LogP contribution in [0.5, 0.6) is 0 Å². The highest BCUT2D eigenvalue weighted by molar-refractivity contribution is 7.89. The number of hydrogen-bond donors (Lipinski definition) is 3. The number of benzene rings is 1. The minimum Gasteiger partial charge on any atom is -0.389 e. The summed E-state index contributed by atoms with van der Waals surface area (Å²) in [5.74, 6) is 0.300. The van der Waals surface area contributed by atoms with Crippen LogP contribution in [0.1, 0.15) is 84.4 Å². The molecule has 0 amide bonds.